The maximum Gasteiger partial charge on any atom is 0.339 e. The van der Waals surface area contributed by atoms with E-state index in [2.05, 4.69) is 16.7 Å². The van der Waals surface area contributed by atoms with Crippen LogP contribution < -0.4 is 10.6 Å². The van der Waals surface area contributed by atoms with Gasteiger partial charge in [0.2, 0.25) is 0 Å². The molecule has 0 fully saturated rings. The van der Waals surface area contributed by atoms with Crippen LogP contribution >= 0.6 is 11.3 Å². The lowest BCUT2D eigenvalue weighted by Crippen LogP contribution is -2.41. The summed E-state index contributed by atoms with van der Waals surface area (Å²) in [5, 5.41) is 7.33. The molecule has 1 aliphatic rings. The van der Waals surface area contributed by atoms with E-state index in [0.717, 1.165) is 28.1 Å². The Kier molecular flexibility index (Phi) is 6.40. The summed E-state index contributed by atoms with van der Waals surface area (Å²) in [7, 11) is 0. The average molecular weight is 488 g/mol. The standard InChI is InChI=1S/C26H21N3O5S/c30-22(29-26(32)27-14-17-5-3-11-33-17)15-34-25(31)23-19-7-1-2-8-21(19)28-24-16(9-10-20(23)24)13-18-6-4-12-35-18/h1-8,11-13H,9-10,14-15H2,(H2,27,29,30,32)/b16-13-. The van der Waals surface area contributed by atoms with Crippen molar-refractivity contribution in [3.05, 3.63) is 87.6 Å². The quantitative estimate of drug-likeness (QED) is 0.386. The third-order valence-electron chi connectivity index (χ3n) is 5.60. The predicted molar refractivity (Wildman–Crippen MR) is 132 cm³/mol. The fraction of sp³-hybridized carbons (Fsp3) is 0.154. The highest BCUT2D eigenvalue weighted by molar-refractivity contribution is 7.10. The van der Waals surface area contributed by atoms with Gasteiger partial charge in [0.15, 0.2) is 6.61 Å². The number of rotatable bonds is 6. The second-order valence-corrected chi connectivity index (χ2v) is 8.88. The van der Waals surface area contributed by atoms with E-state index in [1.54, 1.807) is 23.5 Å². The first-order chi connectivity index (χ1) is 17.1. The van der Waals surface area contributed by atoms with Gasteiger partial charge in [-0.25, -0.2) is 14.6 Å². The van der Waals surface area contributed by atoms with Crippen molar-refractivity contribution in [3.63, 3.8) is 0 Å². The number of benzene rings is 1. The Morgan fingerprint density at radius 3 is 2.77 bits per heavy atom. The summed E-state index contributed by atoms with van der Waals surface area (Å²) in [5.41, 5.74) is 3.75. The molecule has 0 atom stereocenters. The van der Waals surface area contributed by atoms with E-state index < -0.39 is 24.5 Å². The maximum absolute atomic E-state index is 13.2. The molecule has 0 saturated carbocycles. The second kappa shape index (κ2) is 9.94. The molecule has 9 heteroatoms. The van der Waals surface area contributed by atoms with Crippen LogP contribution in [0.2, 0.25) is 0 Å². The number of nitrogens with zero attached hydrogens (tertiary/aromatic N) is 1. The highest BCUT2D eigenvalue weighted by atomic mass is 32.1. The molecule has 0 unspecified atom stereocenters. The van der Waals surface area contributed by atoms with Gasteiger partial charge >= 0.3 is 12.0 Å². The molecule has 3 amide bonds. The fourth-order valence-electron chi connectivity index (χ4n) is 4.05. The number of nitrogens with one attached hydrogen (secondary N) is 2. The van der Waals surface area contributed by atoms with Crippen LogP contribution in [0.25, 0.3) is 22.6 Å². The van der Waals surface area contributed by atoms with Crippen molar-refractivity contribution in [2.75, 3.05) is 6.61 Å². The van der Waals surface area contributed by atoms with E-state index >= 15 is 0 Å². The SMILES string of the molecule is O=C(COC(=O)c1c2c(nc3ccccc13)/C(=C\c1cccs1)CC2)NC(=O)NCc1ccco1. The first-order valence-corrected chi connectivity index (χ1v) is 11.9. The molecule has 4 aromatic rings. The van der Waals surface area contributed by atoms with Gasteiger partial charge in [-0.2, -0.15) is 0 Å². The molecule has 5 rings (SSSR count). The topological polar surface area (TPSA) is 111 Å². The van der Waals surface area contributed by atoms with Crippen molar-refractivity contribution in [2.45, 2.75) is 19.4 Å². The molecule has 0 spiro atoms. The maximum atomic E-state index is 13.2. The number of para-hydroxylation sites is 1. The number of ether oxygens (including phenoxy) is 1. The van der Waals surface area contributed by atoms with Gasteiger partial charge < -0.3 is 14.5 Å². The molecule has 1 aromatic carbocycles. The first kappa shape index (κ1) is 22.5. The van der Waals surface area contributed by atoms with Gasteiger partial charge in [0, 0.05) is 10.3 Å². The zero-order valence-electron chi connectivity index (χ0n) is 18.6. The van der Waals surface area contributed by atoms with Gasteiger partial charge in [0.05, 0.1) is 29.6 Å². The van der Waals surface area contributed by atoms with Crippen LogP contribution in [0.3, 0.4) is 0 Å². The summed E-state index contributed by atoms with van der Waals surface area (Å²) in [5.74, 6) is -0.808. The van der Waals surface area contributed by atoms with Crippen molar-refractivity contribution < 1.29 is 23.5 Å². The predicted octanol–water partition coefficient (Wildman–Crippen LogP) is 4.56. The Balaban J connectivity index is 1.31. The smallest absolute Gasteiger partial charge is 0.339 e. The number of imide groups is 1. The van der Waals surface area contributed by atoms with Crippen molar-refractivity contribution in [1.82, 2.24) is 15.6 Å². The number of carbonyl (C=O) groups excluding carboxylic acids is 3. The highest BCUT2D eigenvalue weighted by Crippen LogP contribution is 2.38. The number of allylic oxidation sites excluding steroid dienone is 1. The third kappa shape index (κ3) is 4.99. The number of urea groups is 1. The molecule has 0 saturated heterocycles. The molecule has 1 aliphatic carbocycles. The van der Waals surface area contributed by atoms with E-state index in [1.165, 1.54) is 6.26 Å². The number of thiophene rings is 1. The second-order valence-electron chi connectivity index (χ2n) is 7.90. The van der Waals surface area contributed by atoms with E-state index in [4.69, 9.17) is 14.1 Å². The molecule has 3 aromatic heterocycles. The fourth-order valence-corrected chi connectivity index (χ4v) is 4.73. The van der Waals surface area contributed by atoms with Crippen LogP contribution in [0, 0.1) is 0 Å². The molecule has 0 bridgehead atoms. The number of carbonyl (C=O) groups is 3. The number of pyridine rings is 1. The molecule has 8 nitrogen and oxygen atoms in total. The minimum Gasteiger partial charge on any atom is -0.467 e. The lowest BCUT2D eigenvalue weighted by molar-refractivity contribution is -0.123. The molecular weight excluding hydrogens is 466 g/mol. The van der Waals surface area contributed by atoms with Crippen LogP contribution in [0.1, 0.15) is 38.7 Å². The summed E-state index contributed by atoms with van der Waals surface area (Å²) in [4.78, 5) is 43.2. The lowest BCUT2D eigenvalue weighted by atomic mass is 10.0. The number of aromatic nitrogens is 1. The largest absolute Gasteiger partial charge is 0.467 e. The highest BCUT2D eigenvalue weighted by Gasteiger charge is 2.28. The van der Waals surface area contributed by atoms with Gasteiger partial charge in [0.1, 0.15) is 5.76 Å². The zero-order chi connectivity index (χ0) is 24.2. The number of fused-ring (bicyclic) bond motifs is 2. The Morgan fingerprint density at radius 1 is 1.09 bits per heavy atom. The minimum absolute atomic E-state index is 0.127. The normalized spacial score (nSPS) is 13.5. The van der Waals surface area contributed by atoms with Crippen LogP contribution in [-0.2, 0) is 22.5 Å². The molecule has 0 radical (unpaired) electrons. The van der Waals surface area contributed by atoms with E-state index in [-0.39, 0.29) is 6.54 Å². The zero-order valence-corrected chi connectivity index (χ0v) is 19.4. The Hall–Kier alpha value is -4.24. The first-order valence-electron chi connectivity index (χ1n) is 11.0. The summed E-state index contributed by atoms with van der Waals surface area (Å²) in [6.45, 7) is -0.460. The van der Waals surface area contributed by atoms with Crippen molar-refractivity contribution in [1.29, 1.82) is 0 Å². The van der Waals surface area contributed by atoms with Gasteiger partial charge in [-0.1, -0.05) is 24.3 Å². The Labute approximate surface area is 204 Å². The van der Waals surface area contributed by atoms with E-state index in [0.29, 0.717) is 28.6 Å². The number of furan rings is 1. The average Bonchev–Trinajstić information content (AvgIpc) is 3.63. The summed E-state index contributed by atoms with van der Waals surface area (Å²) < 4.78 is 10.4. The van der Waals surface area contributed by atoms with Gasteiger partial charge in [0.25, 0.3) is 5.91 Å². The van der Waals surface area contributed by atoms with Crippen molar-refractivity contribution >= 4 is 51.8 Å². The third-order valence-corrected chi connectivity index (χ3v) is 6.42. The molecule has 3 heterocycles. The van der Waals surface area contributed by atoms with Crippen molar-refractivity contribution in [2.24, 2.45) is 0 Å². The van der Waals surface area contributed by atoms with Gasteiger partial charge in [-0.3, -0.25) is 10.1 Å². The summed E-state index contributed by atoms with van der Waals surface area (Å²) in [6.07, 6.45) is 4.99. The number of hydrogen-bond acceptors (Lipinski definition) is 7. The van der Waals surface area contributed by atoms with Gasteiger partial charge in [-0.15, -0.1) is 11.3 Å². The van der Waals surface area contributed by atoms with Gasteiger partial charge in [-0.05, 0) is 59.7 Å². The van der Waals surface area contributed by atoms with Crippen LogP contribution in [-0.4, -0.2) is 29.5 Å². The van der Waals surface area contributed by atoms with Crippen LogP contribution in [0.4, 0.5) is 4.79 Å². The molecule has 176 valence electrons. The van der Waals surface area contributed by atoms with Crippen LogP contribution in [0.5, 0.6) is 0 Å². The molecule has 35 heavy (non-hydrogen) atoms. The monoisotopic (exact) mass is 487 g/mol. The Morgan fingerprint density at radius 2 is 1.97 bits per heavy atom. The molecule has 0 aliphatic heterocycles. The van der Waals surface area contributed by atoms with Crippen molar-refractivity contribution in [3.8, 4) is 0 Å². The number of hydrogen-bond donors (Lipinski definition) is 2. The van der Waals surface area contributed by atoms with Crippen LogP contribution in [0.15, 0.2) is 64.6 Å². The molecule has 2 N–H and O–H groups in total. The molecular formula is C26H21N3O5S. The van der Waals surface area contributed by atoms with E-state index in [9.17, 15) is 14.4 Å². The summed E-state index contributed by atoms with van der Waals surface area (Å²) >= 11 is 1.64. The summed E-state index contributed by atoms with van der Waals surface area (Å²) in [6, 6.07) is 14.1. The number of amides is 3. The number of esters is 1. The minimum atomic E-state index is -0.733. The van der Waals surface area contributed by atoms with E-state index in [1.807, 2.05) is 41.8 Å². The lowest BCUT2D eigenvalue weighted by Gasteiger charge is -2.12. The Bertz CT molecular complexity index is 1420.